The van der Waals surface area contributed by atoms with Crippen LogP contribution in [0.15, 0.2) is 36.5 Å². The Morgan fingerprint density at radius 3 is 1.71 bits per heavy atom. The Morgan fingerprint density at radius 1 is 0.810 bits per heavy atom. The largest absolute Gasteiger partial charge is 0.419 e. The molecule has 1 nitrogen and oxygen atoms in total. The summed E-state index contributed by atoms with van der Waals surface area (Å²) in [5, 5.41) is 0. The number of hydrogen-bond donors (Lipinski definition) is 0. The molecule has 0 fully saturated rings. The van der Waals surface area contributed by atoms with Gasteiger partial charge in [0.15, 0.2) is 0 Å². The van der Waals surface area contributed by atoms with Crippen LogP contribution in [-0.2, 0) is 12.4 Å². The molecule has 1 aromatic heterocycles. The normalized spacial score (nSPS) is 12.5. The summed E-state index contributed by atoms with van der Waals surface area (Å²) in [4.78, 5) is 3.67. The molecule has 8 heteroatoms. The van der Waals surface area contributed by atoms with Gasteiger partial charge in [-0.25, -0.2) is 4.39 Å². The number of alkyl halides is 6. The fourth-order valence-corrected chi connectivity index (χ4v) is 1.72. The molecule has 0 aliphatic carbocycles. The van der Waals surface area contributed by atoms with Crippen molar-refractivity contribution in [1.29, 1.82) is 0 Å². The lowest BCUT2D eigenvalue weighted by Crippen LogP contribution is -2.16. The van der Waals surface area contributed by atoms with Crippen LogP contribution in [0, 0.1) is 5.82 Å². The van der Waals surface area contributed by atoms with Crippen LogP contribution in [0.4, 0.5) is 30.7 Å². The van der Waals surface area contributed by atoms with E-state index in [1.807, 2.05) is 0 Å². The van der Waals surface area contributed by atoms with E-state index in [1.165, 1.54) is 24.4 Å². The molecular weight excluding hydrogens is 303 g/mol. The van der Waals surface area contributed by atoms with Crippen LogP contribution in [-0.4, -0.2) is 4.98 Å². The van der Waals surface area contributed by atoms with Crippen molar-refractivity contribution in [1.82, 2.24) is 4.98 Å². The van der Waals surface area contributed by atoms with Crippen LogP contribution in [0.2, 0.25) is 0 Å². The minimum Gasteiger partial charge on any atom is -0.256 e. The van der Waals surface area contributed by atoms with Crippen molar-refractivity contribution in [3.63, 3.8) is 0 Å². The summed E-state index contributed by atoms with van der Waals surface area (Å²) in [5.74, 6) is -2.34. The van der Waals surface area contributed by atoms with Gasteiger partial charge in [-0.2, -0.15) is 26.3 Å². The Labute approximate surface area is 114 Å². The van der Waals surface area contributed by atoms with E-state index in [1.54, 1.807) is 0 Å². The Kier molecular flexibility index (Phi) is 3.65. The van der Waals surface area contributed by atoms with E-state index in [2.05, 4.69) is 4.98 Å². The maximum Gasteiger partial charge on any atom is 0.419 e. The molecule has 0 saturated carbocycles. The molecule has 112 valence electrons. The summed E-state index contributed by atoms with van der Waals surface area (Å²) < 4.78 is 89.6. The van der Waals surface area contributed by atoms with Gasteiger partial charge < -0.3 is 0 Å². The highest BCUT2D eigenvalue weighted by Crippen LogP contribution is 2.40. The third-order valence-electron chi connectivity index (χ3n) is 2.64. The van der Waals surface area contributed by atoms with Crippen molar-refractivity contribution < 1.29 is 30.7 Å². The summed E-state index contributed by atoms with van der Waals surface area (Å²) in [6.07, 6.45) is -9.27. The van der Waals surface area contributed by atoms with E-state index in [0.717, 1.165) is 0 Å². The number of rotatable bonds is 1. The van der Waals surface area contributed by atoms with E-state index >= 15 is 0 Å². The average Bonchev–Trinajstić information content (AvgIpc) is 2.37. The number of aromatic nitrogens is 1. The zero-order valence-electron chi connectivity index (χ0n) is 10.1. The van der Waals surface area contributed by atoms with Crippen LogP contribution in [0.25, 0.3) is 11.3 Å². The second-order valence-corrected chi connectivity index (χ2v) is 4.10. The number of halogens is 7. The van der Waals surface area contributed by atoms with Crippen molar-refractivity contribution in [3.05, 3.63) is 53.5 Å². The van der Waals surface area contributed by atoms with Crippen molar-refractivity contribution in [2.24, 2.45) is 0 Å². The van der Waals surface area contributed by atoms with Crippen LogP contribution < -0.4 is 0 Å². The predicted molar refractivity (Wildman–Crippen MR) is 59.6 cm³/mol. The molecule has 0 spiro atoms. The molecule has 0 radical (unpaired) electrons. The Bertz CT molecular complexity index is 609. The summed E-state index contributed by atoms with van der Waals surface area (Å²) in [6.45, 7) is 0. The van der Waals surface area contributed by atoms with Crippen LogP contribution in [0.5, 0.6) is 0 Å². The summed E-state index contributed by atoms with van der Waals surface area (Å²) >= 11 is 0. The number of nitrogens with zero attached hydrogens (tertiary/aromatic N) is 1. The number of benzene rings is 1. The van der Waals surface area contributed by atoms with Gasteiger partial charge in [-0.3, -0.25) is 4.98 Å². The molecule has 2 aromatic rings. The molecule has 0 saturated heterocycles. The molecule has 21 heavy (non-hydrogen) atoms. The van der Waals surface area contributed by atoms with Crippen molar-refractivity contribution in [2.75, 3.05) is 0 Å². The average molecular weight is 309 g/mol. The molecule has 0 amide bonds. The Hall–Kier alpha value is -2.12. The van der Waals surface area contributed by atoms with Gasteiger partial charge >= 0.3 is 12.4 Å². The monoisotopic (exact) mass is 309 g/mol. The zero-order chi connectivity index (χ0) is 15.8. The van der Waals surface area contributed by atoms with E-state index < -0.39 is 34.9 Å². The molecule has 1 aromatic carbocycles. The van der Waals surface area contributed by atoms with Crippen molar-refractivity contribution >= 4 is 0 Å². The topological polar surface area (TPSA) is 12.9 Å². The molecule has 0 bridgehead atoms. The van der Waals surface area contributed by atoms with Crippen molar-refractivity contribution in [2.45, 2.75) is 12.4 Å². The van der Waals surface area contributed by atoms with E-state index in [-0.39, 0.29) is 5.69 Å². The van der Waals surface area contributed by atoms with Gasteiger partial charge in [-0.1, -0.05) is 6.07 Å². The lowest BCUT2D eigenvalue weighted by atomic mass is 10.0. The van der Waals surface area contributed by atoms with Gasteiger partial charge in [0.1, 0.15) is 5.82 Å². The number of pyridine rings is 1. The molecule has 2 rings (SSSR count). The third kappa shape index (κ3) is 3.14. The van der Waals surface area contributed by atoms with Gasteiger partial charge in [-0.05, 0) is 24.3 Å². The first kappa shape index (κ1) is 15.3. The summed E-state index contributed by atoms with van der Waals surface area (Å²) in [5.41, 5.74) is -4.53. The van der Waals surface area contributed by atoms with Crippen LogP contribution in [0.3, 0.4) is 0 Å². The molecule has 1 heterocycles. The maximum absolute atomic E-state index is 13.5. The smallest absolute Gasteiger partial charge is 0.256 e. The molecule has 0 N–H and O–H groups in total. The standard InChI is InChI=1S/C13H6F7N/c14-11-8(12(15,16)17)5-7(6-9(11)13(18,19)20)10-3-1-2-4-21-10/h1-6H. The Balaban J connectivity index is 2.75. The highest BCUT2D eigenvalue weighted by atomic mass is 19.4. The minimum absolute atomic E-state index is 0.117. The second kappa shape index (κ2) is 5.01. The minimum atomic E-state index is -5.24. The molecular formula is C13H6F7N. The fraction of sp³-hybridized carbons (Fsp3) is 0.154. The van der Waals surface area contributed by atoms with Gasteiger partial charge in [0.2, 0.25) is 0 Å². The first-order valence-electron chi connectivity index (χ1n) is 5.50. The van der Waals surface area contributed by atoms with Gasteiger partial charge in [0, 0.05) is 11.8 Å². The molecule has 0 aliphatic rings. The predicted octanol–water partition coefficient (Wildman–Crippen LogP) is 4.93. The first-order valence-corrected chi connectivity index (χ1v) is 5.50. The third-order valence-corrected chi connectivity index (χ3v) is 2.64. The van der Waals surface area contributed by atoms with E-state index in [4.69, 9.17) is 0 Å². The number of hydrogen-bond acceptors (Lipinski definition) is 1. The second-order valence-electron chi connectivity index (χ2n) is 4.10. The Morgan fingerprint density at radius 2 is 1.33 bits per heavy atom. The summed E-state index contributed by atoms with van der Waals surface area (Å²) in [7, 11) is 0. The lowest BCUT2D eigenvalue weighted by Gasteiger charge is -2.15. The SMILES string of the molecule is Fc1c(C(F)(F)F)cc(-c2ccccn2)cc1C(F)(F)F. The molecule has 0 atom stereocenters. The van der Waals surface area contributed by atoms with Gasteiger partial charge in [-0.15, -0.1) is 0 Å². The zero-order valence-corrected chi connectivity index (χ0v) is 10.1. The van der Waals surface area contributed by atoms with Crippen molar-refractivity contribution in [3.8, 4) is 11.3 Å². The van der Waals surface area contributed by atoms with Gasteiger partial charge in [0.25, 0.3) is 0 Å². The molecule has 0 unspecified atom stereocenters. The lowest BCUT2D eigenvalue weighted by molar-refractivity contribution is -0.147. The highest BCUT2D eigenvalue weighted by Gasteiger charge is 2.42. The summed E-state index contributed by atoms with van der Waals surface area (Å²) in [6, 6.07) is 4.70. The highest BCUT2D eigenvalue weighted by molar-refractivity contribution is 5.62. The van der Waals surface area contributed by atoms with Crippen LogP contribution in [0.1, 0.15) is 11.1 Å². The fourth-order valence-electron chi connectivity index (χ4n) is 1.72. The first-order chi connectivity index (χ1) is 9.60. The van der Waals surface area contributed by atoms with E-state index in [9.17, 15) is 30.7 Å². The van der Waals surface area contributed by atoms with Crippen LogP contribution >= 0.6 is 0 Å². The van der Waals surface area contributed by atoms with Gasteiger partial charge in [0.05, 0.1) is 16.8 Å². The quantitative estimate of drug-likeness (QED) is 0.681. The van der Waals surface area contributed by atoms with E-state index in [0.29, 0.717) is 12.1 Å². The maximum atomic E-state index is 13.5. The molecule has 0 aliphatic heterocycles.